The van der Waals surface area contributed by atoms with Gasteiger partial charge in [-0.2, -0.15) is 0 Å². The lowest BCUT2D eigenvalue weighted by molar-refractivity contribution is 0.593. The molecule has 0 spiro atoms. The lowest BCUT2D eigenvalue weighted by Crippen LogP contribution is -2.19. The summed E-state index contributed by atoms with van der Waals surface area (Å²) in [6.45, 7) is 1.60. The van der Waals surface area contributed by atoms with E-state index in [1.165, 1.54) is 6.07 Å². The van der Waals surface area contributed by atoms with Crippen LogP contribution in [-0.2, 0) is 10.8 Å². The summed E-state index contributed by atoms with van der Waals surface area (Å²) in [7, 11) is -1.21. The summed E-state index contributed by atoms with van der Waals surface area (Å²) in [6, 6.07) is 6.29. The summed E-state index contributed by atoms with van der Waals surface area (Å²) >= 11 is 0. The number of hydrogen-bond donors (Lipinski definition) is 1. The molecule has 0 amide bonds. The molecule has 0 aliphatic carbocycles. The van der Waals surface area contributed by atoms with Crippen LogP contribution < -0.4 is 5.32 Å². The summed E-state index contributed by atoms with van der Waals surface area (Å²) in [4.78, 5) is 0.334. The standard InChI is InChI=1S/C10H12FNOS/c11-9-3-1-2-4-10(9)14(13)8-5-6-12-7-8/h1-4,8,12H,5-7H2. The molecule has 4 heteroatoms. The first-order valence-corrected chi connectivity index (χ1v) is 5.86. The van der Waals surface area contributed by atoms with E-state index in [0.717, 1.165) is 19.5 Å². The monoisotopic (exact) mass is 213 g/mol. The second-order valence-electron chi connectivity index (χ2n) is 3.34. The summed E-state index contributed by atoms with van der Waals surface area (Å²) in [5, 5.41) is 3.19. The van der Waals surface area contributed by atoms with Crippen molar-refractivity contribution in [2.75, 3.05) is 13.1 Å². The van der Waals surface area contributed by atoms with Gasteiger partial charge < -0.3 is 5.32 Å². The van der Waals surface area contributed by atoms with Crippen molar-refractivity contribution in [2.45, 2.75) is 16.6 Å². The van der Waals surface area contributed by atoms with Gasteiger partial charge in [0, 0.05) is 6.54 Å². The Labute approximate surface area is 85.0 Å². The van der Waals surface area contributed by atoms with Gasteiger partial charge in [0.15, 0.2) is 0 Å². The van der Waals surface area contributed by atoms with E-state index in [0.29, 0.717) is 4.90 Å². The summed E-state index contributed by atoms with van der Waals surface area (Å²) in [5.41, 5.74) is 0. The predicted molar refractivity (Wildman–Crippen MR) is 54.1 cm³/mol. The maximum absolute atomic E-state index is 13.3. The third kappa shape index (κ3) is 1.86. The Morgan fingerprint density at radius 3 is 2.86 bits per heavy atom. The topological polar surface area (TPSA) is 29.1 Å². The van der Waals surface area contributed by atoms with Gasteiger partial charge in [-0.25, -0.2) is 4.39 Å². The highest BCUT2D eigenvalue weighted by Gasteiger charge is 2.23. The zero-order chi connectivity index (χ0) is 9.97. The number of hydrogen-bond acceptors (Lipinski definition) is 2. The average Bonchev–Trinajstić information content (AvgIpc) is 2.70. The highest BCUT2D eigenvalue weighted by Crippen LogP contribution is 2.18. The van der Waals surface area contributed by atoms with Gasteiger partial charge in [-0.05, 0) is 25.1 Å². The van der Waals surface area contributed by atoms with Crippen molar-refractivity contribution in [3.05, 3.63) is 30.1 Å². The first kappa shape index (κ1) is 9.80. The van der Waals surface area contributed by atoms with Crippen LogP contribution in [0.15, 0.2) is 29.2 Å². The van der Waals surface area contributed by atoms with Gasteiger partial charge in [0.2, 0.25) is 0 Å². The SMILES string of the molecule is O=S(c1ccccc1F)C1CCNC1. The summed E-state index contributed by atoms with van der Waals surface area (Å²) in [6.07, 6.45) is 0.862. The number of halogens is 1. The first-order valence-electron chi connectivity index (χ1n) is 4.65. The van der Waals surface area contributed by atoms with E-state index in [9.17, 15) is 8.60 Å². The number of rotatable bonds is 2. The predicted octanol–water partition coefficient (Wildman–Crippen LogP) is 1.30. The van der Waals surface area contributed by atoms with Crippen molar-refractivity contribution >= 4 is 10.8 Å². The average molecular weight is 213 g/mol. The molecule has 2 rings (SSSR count). The van der Waals surface area contributed by atoms with Crippen molar-refractivity contribution in [3.8, 4) is 0 Å². The molecule has 0 radical (unpaired) electrons. The molecule has 0 saturated carbocycles. The minimum absolute atomic E-state index is 0.0619. The van der Waals surface area contributed by atoms with Gasteiger partial charge in [-0.1, -0.05) is 12.1 Å². The van der Waals surface area contributed by atoms with Gasteiger partial charge in [-0.15, -0.1) is 0 Å². The Balaban J connectivity index is 2.22. The largest absolute Gasteiger partial charge is 0.315 e. The molecule has 0 bridgehead atoms. The van der Waals surface area contributed by atoms with Crippen LogP contribution in [0.3, 0.4) is 0 Å². The third-order valence-corrected chi connectivity index (χ3v) is 4.14. The van der Waals surface area contributed by atoms with E-state index in [1.807, 2.05) is 0 Å². The normalized spacial score (nSPS) is 23.6. The van der Waals surface area contributed by atoms with Crippen molar-refractivity contribution in [3.63, 3.8) is 0 Å². The Morgan fingerprint density at radius 1 is 1.43 bits per heavy atom. The van der Waals surface area contributed by atoms with Crippen molar-refractivity contribution < 1.29 is 8.60 Å². The van der Waals surface area contributed by atoms with Crippen LogP contribution in [-0.4, -0.2) is 22.5 Å². The van der Waals surface area contributed by atoms with E-state index < -0.39 is 10.8 Å². The highest BCUT2D eigenvalue weighted by molar-refractivity contribution is 7.85. The second kappa shape index (κ2) is 4.19. The van der Waals surface area contributed by atoms with Crippen molar-refractivity contribution in [2.24, 2.45) is 0 Å². The molecular formula is C10H12FNOS. The molecule has 76 valence electrons. The highest BCUT2D eigenvalue weighted by atomic mass is 32.2. The molecule has 2 nitrogen and oxygen atoms in total. The first-order chi connectivity index (χ1) is 6.79. The van der Waals surface area contributed by atoms with Crippen LogP contribution in [0.1, 0.15) is 6.42 Å². The number of benzene rings is 1. The summed E-state index contributed by atoms with van der Waals surface area (Å²) in [5.74, 6) is -0.363. The Kier molecular flexibility index (Phi) is 2.93. The second-order valence-corrected chi connectivity index (χ2v) is 5.04. The fourth-order valence-electron chi connectivity index (χ4n) is 1.60. The van der Waals surface area contributed by atoms with Crippen LogP contribution in [0.2, 0.25) is 0 Å². The summed E-state index contributed by atoms with van der Waals surface area (Å²) < 4.78 is 25.2. The van der Waals surface area contributed by atoms with Crippen LogP contribution in [0.5, 0.6) is 0 Å². The maximum atomic E-state index is 13.3. The lowest BCUT2D eigenvalue weighted by Gasteiger charge is -2.08. The Hall–Kier alpha value is -0.740. The minimum Gasteiger partial charge on any atom is -0.315 e. The van der Waals surface area contributed by atoms with E-state index in [2.05, 4.69) is 5.32 Å². The Bertz CT molecular complexity index is 350. The number of nitrogens with one attached hydrogen (secondary N) is 1. The molecule has 0 aromatic heterocycles. The van der Waals surface area contributed by atoms with Crippen LogP contribution >= 0.6 is 0 Å². The van der Waals surface area contributed by atoms with E-state index >= 15 is 0 Å². The lowest BCUT2D eigenvalue weighted by atomic mass is 10.3. The van der Waals surface area contributed by atoms with E-state index in [1.54, 1.807) is 18.2 Å². The smallest absolute Gasteiger partial charge is 0.139 e. The zero-order valence-electron chi connectivity index (χ0n) is 7.70. The molecule has 1 N–H and O–H groups in total. The molecule has 1 aromatic carbocycles. The fraction of sp³-hybridized carbons (Fsp3) is 0.400. The van der Waals surface area contributed by atoms with Gasteiger partial charge >= 0.3 is 0 Å². The maximum Gasteiger partial charge on any atom is 0.139 e. The van der Waals surface area contributed by atoms with E-state index in [4.69, 9.17) is 0 Å². The molecule has 1 aliphatic heterocycles. The molecule has 1 aliphatic rings. The third-order valence-electron chi connectivity index (χ3n) is 2.37. The fourth-order valence-corrected chi connectivity index (χ4v) is 3.03. The quantitative estimate of drug-likeness (QED) is 0.802. The molecule has 2 atom stereocenters. The molecule has 1 saturated heterocycles. The van der Waals surface area contributed by atoms with Crippen molar-refractivity contribution in [1.82, 2.24) is 5.32 Å². The van der Waals surface area contributed by atoms with Gasteiger partial charge in [0.25, 0.3) is 0 Å². The molecule has 1 aromatic rings. The van der Waals surface area contributed by atoms with Crippen LogP contribution in [0.4, 0.5) is 4.39 Å². The molecule has 2 unspecified atom stereocenters. The van der Waals surface area contributed by atoms with Crippen LogP contribution in [0.25, 0.3) is 0 Å². The molecule has 1 fully saturated rings. The van der Waals surface area contributed by atoms with Gasteiger partial charge in [-0.3, -0.25) is 4.21 Å². The minimum atomic E-state index is -1.21. The van der Waals surface area contributed by atoms with Gasteiger partial charge in [0.1, 0.15) is 5.82 Å². The molecule has 14 heavy (non-hydrogen) atoms. The molecular weight excluding hydrogens is 201 g/mol. The van der Waals surface area contributed by atoms with Gasteiger partial charge in [0.05, 0.1) is 20.9 Å². The Morgan fingerprint density at radius 2 is 2.21 bits per heavy atom. The van der Waals surface area contributed by atoms with E-state index in [-0.39, 0.29) is 11.1 Å². The van der Waals surface area contributed by atoms with Crippen molar-refractivity contribution in [1.29, 1.82) is 0 Å². The zero-order valence-corrected chi connectivity index (χ0v) is 8.52. The van der Waals surface area contributed by atoms with Crippen LogP contribution in [0, 0.1) is 5.82 Å². The molecule has 1 heterocycles.